The Balaban J connectivity index is -0.000000108. The van der Waals surface area contributed by atoms with Crippen LogP contribution in [0.4, 0.5) is 0 Å². The van der Waals surface area contributed by atoms with Gasteiger partial charge in [0.25, 0.3) is 0 Å². The summed E-state index contributed by atoms with van der Waals surface area (Å²) in [5.74, 6) is -0.375. The van der Waals surface area contributed by atoms with Crippen molar-refractivity contribution in [2.75, 3.05) is 0 Å². The Bertz CT molecular complexity index is 314. The maximum absolute atomic E-state index is 10.0. The van der Waals surface area contributed by atoms with E-state index in [2.05, 4.69) is 0 Å². The zero-order chi connectivity index (χ0) is 17.6. The predicted molar refractivity (Wildman–Crippen MR) is 77.9 cm³/mol. The Morgan fingerprint density at radius 1 is 0.409 bits per heavy atom. The summed E-state index contributed by atoms with van der Waals surface area (Å²) >= 11 is 0. The third-order valence-electron chi connectivity index (χ3n) is 1.49. The Morgan fingerprint density at radius 3 is 0.500 bits per heavy atom. The fourth-order valence-electron chi connectivity index (χ4n) is 1.05. The molecule has 0 unspecified atom stereocenters. The van der Waals surface area contributed by atoms with Gasteiger partial charge < -0.3 is 0 Å². The predicted octanol–water partition coefficient (Wildman–Crippen LogP) is 1.66. The van der Waals surface area contributed by atoms with Gasteiger partial charge in [-0.15, -0.1) is 0 Å². The van der Waals surface area contributed by atoms with E-state index in [0.717, 1.165) is 0 Å². The maximum Gasteiger partial charge on any atom is 2.00 e. The number of hydrogen-bond acceptors (Lipinski definition) is 6. The van der Waals surface area contributed by atoms with E-state index in [-0.39, 0.29) is 72.5 Å². The fourth-order valence-corrected chi connectivity index (χ4v) is 1.05. The smallest absolute Gasteiger partial charge is 0.300 e. The molecule has 0 aromatic rings. The van der Waals surface area contributed by atoms with E-state index in [1.54, 1.807) is 0 Å². The first-order valence-electron chi connectivity index (χ1n) is 6.35. The molecule has 0 aromatic heterocycles. The first-order chi connectivity index (χ1) is 9.38. The zero-order valence-electron chi connectivity index (χ0n) is 14.0. The van der Waals surface area contributed by atoms with Gasteiger partial charge >= 0.3 is 18.6 Å². The summed E-state index contributed by atoms with van der Waals surface area (Å²) in [5, 5.41) is 0. The third kappa shape index (κ3) is 51.3. The minimum atomic E-state index is -0.0625. The summed E-state index contributed by atoms with van der Waals surface area (Å²) in [6.45, 7) is 8.42. The van der Waals surface area contributed by atoms with Gasteiger partial charge in [-0.25, -0.2) is 0 Å². The first kappa shape index (κ1) is 28.7. The molecule has 0 aliphatic rings. The average molecular weight is 351 g/mol. The van der Waals surface area contributed by atoms with E-state index in [1.807, 2.05) is 0 Å². The van der Waals surface area contributed by atoms with Crippen LogP contribution in [-0.4, -0.2) is 34.7 Å². The van der Waals surface area contributed by atoms with Gasteiger partial charge in [0.1, 0.15) is 34.7 Å². The van der Waals surface area contributed by atoms with Crippen LogP contribution in [0.2, 0.25) is 0 Å². The van der Waals surface area contributed by atoms with Gasteiger partial charge in [-0.2, -0.15) is 0 Å². The van der Waals surface area contributed by atoms with Crippen LogP contribution >= 0.6 is 0 Å². The maximum atomic E-state index is 10.0. The summed E-state index contributed by atoms with van der Waals surface area (Å²) in [4.78, 5) is 60.2. The number of rotatable bonds is 6. The molecule has 7 heteroatoms. The number of ketones is 6. The van der Waals surface area contributed by atoms with Gasteiger partial charge in [0, 0.05) is 0 Å². The molecule has 6 nitrogen and oxygen atoms in total. The average Bonchev–Trinajstić information content (AvgIpc) is 2.10. The Hall–Kier alpha value is -1.40. The molecular formula is C15H24O6V+2. The number of Topliss-reactive ketones (excluding diaryl/α,β-unsaturated/α-hetero) is 6. The number of carbonyl (C=O) groups is 6. The van der Waals surface area contributed by atoms with Gasteiger partial charge in [0.15, 0.2) is 0 Å². The van der Waals surface area contributed by atoms with E-state index in [0.29, 0.717) is 0 Å². The molecular weight excluding hydrogens is 327 g/mol. The van der Waals surface area contributed by atoms with Gasteiger partial charge in [-0.05, 0) is 41.5 Å². The molecule has 22 heavy (non-hydrogen) atoms. The van der Waals surface area contributed by atoms with Crippen LogP contribution in [0.25, 0.3) is 0 Å². The largest absolute Gasteiger partial charge is 2.00 e. The molecule has 0 aliphatic heterocycles. The molecule has 0 aromatic carbocycles. The van der Waals surface area contributed by atoms with E-state index in [9.17, 15) is 28.8 Å². The molecule has 0 rings (SSSR count). The van der Waals surface area contributed by atoms with Gasteiger partial charge in [0.2, 0.25) is 0 Å². The SMILES string of the molecule is CC(=O)CC(C)=O.CC(=O)CC(C)=O.CC(=O)CC(C)=O.[V+2]. The second kappa shape index (κ2) is 17.7. The molecule has 0 fully saturated rings. The Kier molecular flexibility index (Phi) is 23.1. The molecule has 0 bridgehead atoms. The molecule has 0 saturated heterocycles. The van der Waals surface area contributed by atoms with E-state index in [1.165, 1.54) is 41.5 Å². The molecule has 123 valence electrons. The summed E-state index contributed by atoms with van der Waals surface area (Å²) in [6.07, 6.45) is 0.250. The van der Waals surface area contributed by atoms with Crippen LogP contribution in [0.5, 0.6) is 0 Å². The molecule has 0 N–H and O–H groups in total. The summed E-state index contributed by atoms with van der Waals surface area (Å²) in [7, 11) is 0. The van der Waals surface area contributed by atoms with Crippen molar-refractivity contribution in [3.8, 4) is 0 Å². The van der Waals surface area contributed by atoms with E-state index >= 15 is 0 Å². The van der Waals surface area contributed by atoms with Gasteiger partial charge in [-0.1, -0.05) is 0 Å². The van der Waals surface area contributed by atoms with Crippen molar-refractivity contribution >= 4 is 34.7 Å². The topological polar surface area (TPSA) is 102 Å². The van der Waals surface area contributed by atoms with Crippen molar-refractivity contribution in [2.24, 2.45) is 0 Å². The van der Waals surface area contributed by atoms with Crippen molar-refractivity contribution in [3.05, 3.63) is 0 Å². The van der Waals surface area contributed by atoms with Crippen molar-refractivity contribution in [1.82, 2.24) is 0 Å². The van der Waals surface area contributed by atoms with Gasteiger partial charge in [0.05, 0.1) is 19.3 Å². The van der Waals surface area contributed by atoms with Crippen LogP contribution in [0, 0.1) is 0 Å². The van der Waals surface area contributed by atoms with E-state index < -0.39 is 0 Å². The minimum absolute atomic E-state index is 0. The minimum Gasteiger partial charge on any atom is -0.300 e. The fraction of sp³-hybridized carbons (Fsp3) is 0.600. The summed E-state index contributed by atoms with van der Waals surface area (Å²) in [6, 6.07) is 0. The summed E-state index contributed by atoms with van der Waals surface area (Å²) in [5.41, 5.74) is 0. The second-order valence-electron chi connectivity index (χ2n) is 4.74. The molecule has 0 spiro atoms. The quantitative estimate of drug-likeness (QED) is 0.674. The molecule has 1 radical (unpaired) electrons. The second-order valence-corrected chi connectivity index (χ2v) is 4.74. The monoisotopic (exact) mass is 351 g/mol. The number of carbonyl (C=O) groups excluding carboxylic acids is 6. The molecule has 0 saturated carbocycles. The summed E-state index contributed by atoms with van der Waals surface area (Å²) < 4.78 is 0. The normalized spacial score (nSPS) is 7.91. The van der Waals surface area contributed by atoms with Crippen LogP contribution in [0.15, 0.2) is 0 Å². The van der Waals surface area contributed by atoms with Crippen molar-refractivity contribution in [3.63, 3.8) is 0 Å². The van der Waals surface area contributed by atoms with Crippen molar-refractivity contribution in [2.45, 2.75) is 60.8 Å². The van der Waals surface area contributed by atoms with Gasteiger partial charge in [-0.3, -0.25) is 28.8 Å². The Labute approximate surface area is 143 Å². The molecule has 0 amide bonds. The Morgan fingerprint density at radius 2 is 0.500 bits per heavy atom. The molecule has 0 aliphatic carbocycles. The van der Waals surface area contributed by atoms with Crippen LogP contribution < -0.4 is 0 Å². The molecule has 0 atom stereocenters. The van der Waals surface area contributed by atoms with Crippen LogP contribution in [0.1, 0.15) is 60.8 Å². The van der Waals surface area contributed by atoms with Crippen molar-refractivity contribution in [1.29, 1.82) is 0 Å². The van der Waals surface area contributed by atoms with Crippen LogP contribution in [-0.2, 0) is 47.3 Å². The number of hydrogen-bond donors (Lipinski definition) is 0. The third-order valence-corrected chi connectivity index (χ3v) is 1.49. The standard InChI is InChI=1S/3C5H8O2.V/c3*1-4(6)3-5(2)7;/h3*3H2,1-2H3;/q;;;+2. The first-order valence-corrected chi connectivity index (χ1v) is 6.35. The van der Waals surface area contributed by atoms with E-state index in [4.69, 9.17) is 0 Å². The molecule has 0 heterocycles. The van der Waals surface area contributed by atoms with Crippen LogP contribution in [0.3, 0.4) is 0 Å². The zero-order valence-corrected chi connectivity index (χ0v) is 15.4. The van der Waals surface area contributed by atoms with Crippen molar-refractivity contribution < 1.29 is 47.3 Å².